The van der Waals surface area contributed by atoms with Gasteiger partial charge >= 0.3 is 6.03 Å². The van der Waals surface area contributed by atoms with Crippen molar-refractivity contribution >= 4 is 22.5 Å². The standard InChI is InChI=1S/C10H14N6OS/c1-5-7(3)18-10(14-5)15-9(17)13-6(2)8-11-4-12-16-8/h4,6H,1-3H3,(H,11,12,16)(H2,13,14,15,17)/t6-/m1/s1. The summed E-state index contributed by atoms with van der Waals surface area (Å²) in [5, 5.41) is 12.5. The first kappa shape index (κ1) is 12.5. The van der Waals surface area contributed by atoms with E-state index in [9.17, 15) is 4.79 Å². The van der Waals surface area contributed by atoms with E-state index in [1.165, 1.54) is 17.7 Å². The molecule has 1 atom stereocenters. The van der Waals surface area contributed by atoms with Gasteiger partial charge in [-0.25, -0.2) is 14.8 Å². The van der Waals surface area contributed by atoms with Crippen molar-refractivity contribution in [2.75, 3.05) is 5.32 Å². The summed E-state index contributed by atoms with van der Waals surface area (Å²) in [5.74, 6) is 0.608. The highest BCUT2D eigenvalue weighted by Gasteiger charge is 2.13. The van der Waals surface area contributed by atoms with Crippen LogP contribution in [0.5, 0.6) is 0 Å². The van der Waals surface area contributed by atoms with Gasteiger partial charge < -0.3 is 5.32 Å². The number of hydrogen-bond acceptors (Lipinski definition) is 5. The third-order valence-corrected chi connectivity index (χ3v) is 3.43. The number of carbonyl (C=O) groups is 1. The van der Waals surface area contributed by atoms with Gasteiger partial charge in [0.1, 0.15) is 12.2 Å². The molecule has 0 bridgehead atoms. The zero-order valence-corrected chi connectivity index (χ0v) is 11.1. The van der Waals surface area contributed by atoms with Crippen LogP contribution in [0.15, 0.2) is 6.33 Å². The van der Waals surface area contributed by atoms with Crippen molar-refractivity contribution in [2.24, 2.45) is 0 Å². The SMILES string of the molecule is Cc1nc(NC(=O)N[C@H](C)c2ncn[nH]2)sc1C. The molecule has 0 aliphatic carbocycles. The van der Waals surface area contributed by atoms with E-state index in [1.54, 1.807) is 0 Å². The topological polar surface area (TPSA) is 95.6 Å². The van der Waals surface area contributed by atoms with Crippen LogP contribution in [0.1, 0.15) is 29.4 Å². The predicted octanol–water partition coefficient (Wildman–Crippen LogP) is 1.76. The van der Waals surface area contributed by atoms with Crippen LogP contribution in [0.4, 0.5) is 9.93 Å². The van der Waals surface area contributed by atoms with Gasteiger partial charge in [-0.2, -0.15) is 5.10 Å². The lowest BCUT2D eigenvalue weighted by Gasteiger charge is -2.10. The summed E-state index contributed by atoms with van der Waals surface area (Å²) in [6.45, 7) is 5.69. The molecule has 2 heterocycles. The smallest absolute Gasteiger partial charge is 0.321 e. The van der Waals surface area contributed by atoms with Gasteiger partial charge in [0.15, 0.2) is 5.13 Å². The molecule has 18 heavy (non-hydrogen) atoms. The van der Waals surface area contributed by atoms with Crippen molar-refractivity contribution in [1.29, 1.82) is 0 Å². The molecule has 0 unspecified atom stereocenters. The number of carbonyl (C=O) groups excluding carboxylic acids is 1. The Bertz CT molecular complexity index is 515. The highest BCUT2D eigenvalue weighted by molar-refractivity contribution is 7.15. The van der Waals surface area contributed by atoms with Crippen LogP contribution in [0.25, 0.3) is 0 Å². The average molecular weight is 266 g/mol. The van der Waals surface area contributed by atoms with Crippen molar-refractivity contribution in [3.63, 3.8) is 0 Å². The molecular formula is C10H14N6OS. The molecule has 0 aromatic carbocycles. The summed E-state index contributed by atoms with van der Waals surface area (Å²) in [4.78, 5) is 21.0. The Hall–Kier alpha value is -1.96. The summed E-state index contributed by atoms with van der Waals surface area (Å²) in [7, 11) is 0. The monoisotopic (exact) mass is 266 g/mol. The van der Waals surface area contributed by atoms with Crippen LogP contribution >= 0.6 is 11.3 Å². The van der Waals surface area contributed by atoms with E-state index in [1.807, 2.05) is 20.8 Å². The second-order valence-corrected chi connectivity index (χ2v) is 5.05. The maximum Gasteiger partial charge on any atom is 0.321 e. The van der Waals surface area contributed by atoms with E-state index in [0.29, 0.717) is 11.0 Å². The number of hydrogen-bond donors (Lipinski definition) is 3. The Morgan fingerprint density at radius 3 is 2.83 bits per heavy atom. The fourth-order valence-electron chi connectivity index (χ4n) is 1.35. The summed E-state index contributed by atoms with van der Waals surface area (Å²) in [5.41, 5.74) is 0.929. The van der Waals surface area contributed by atoms with Crippen molar-refractivity contribution in [2.45, 2.75) is 26.8 Å². The van der Waals surface area contributed by atoms with E-state index >= 15 is 0 Å². The van der Waals surface area contributed by atoms with Crippen LogP contribution in [-0.4, -0.2) is 26.2 Å². The highest BCUT2D eigenvalue weighted by Crippen LogP contribution is 2.20. The molecular weight excluding hydrogens is 252 g/mol. The predicted molar refractivity (Wildman–Crippen MR) is 68.5 cm³/mol. The molecule has 0 saturated heterocycles. The lowest BCUT2D eigenvalue weighted by Crippen LogP contribution is -2.31. The summed E-state index contributed by atoms with van der Waals surface area (Å²) in [6.07, 6.45) is 1.40. The van der Waals surface area contributed by atoms with Gasteiger partial charge in [-0.3, -0.25) is 10.4 Å². The third kappa shape index (κ3) is 2.83. The zero-order chi connectivity index (χ0) is 13.1. The van der Waals surface area contributed by atoms with Crippen LogP contribution in [0.3, 0.4) is 0 Å². The maximum absolute atomic E-state index is 11.7. The normalized spacial score (nSPS) is 12.2. The van der Waals surface area contributed by atoms with Crippen molar-refractivity contribution < 1.29 is 4.79 Å². The van der Waals surface area contributed by atoms with Crippen molar-refractivity contribution in [3.05, 3.63) is 22.7 Å². The maximum atomic E-state index is 11.7. The van der Waals surface area contributed by atoms with Gasteiger partial charge in [-0.1, -0.05) is 0 Å². The number of thiazole rings is 1. The van der Waals surface area contributed by atoms with Gasteiger partial charge in [-0.05, 0) is 20.8 Å². The fraction of sp³-hybridized carbons (Fsp3) is 0.400. The van der Waals surface area contributed by atoms with E-state index in [2.05, 4.69) is 30.8 Å². The van der Waals surface area contributed by atoms with E-state index in [-0.39, 0.29) is 12.1 Å². The van der Waals surface area contributed by atoms with Gasteiger partial charge in [0.05, 0.1) is 11.7 Å². The summed E-state index contributed by atoms with van der Waals surface area (Å²) >= 11 is 1.45. The van der Waals surface area contributed by atoms with Gasteiger partial charge in [-0.15, -0.1) is 11.3 Å². The number of anilines is 1. The fourth-order valence-corrected chi connectivity index (χ4v) is 2.16. The number of nitrogens with one attached hydrogen (secondary N) is 3. The Morgan fingerprint density at radius 1 is 1.50 bits per heavy atom. The van der Waals surface area contributed by atoms with Crippen LogP contribution < -0.4 is 10.6 Å². The molecule has 2 amide bonds. The Labute approximate surface area is 108 Å². The molecule has 0 radical (unpaired) electrons. The Morgan fingerprint density at radius 2 is 2.28 bits per heavy atom. The van der Waals surface area contributed by atoms with Crippen LogP contribution in [0.2, 0.25) is 0 Å². The number of H-pyrrole nitrogens is 1. The summed E-state index contributed by atoms with van der Waals surface area (Å²) in [6, 6.07) is -0.553. The molecule has 2 aromatic heterocycles. The molecule has 8 heteroatoms. The van der Waals surface area contributed by atoms with Crippen LogP contribution in [0, 0.1) is 13.8 Å². The second kappa shape index (κ2) is 5.13. The molecule has 0 spiro atoms. The number of rotatable bonds is 3. The van der Waals surface area contributed by atoms with Crippen LogP contribution in [-0.2, 0) is 0 Å². The molecule has 3 N–H and O–H groups in total. The first-order chi connectivity index (χ1) is 8.56. The number of nitrogens with zero attached hydrogens (tertiary/aromatic N) is 3. The van der Waals surface area contributed by atoms with Gasteiger partial charge in [0.25, 0.3) is 0 Å². The largest absolute Gasteiger partial charge is 0.328 e. The first-order valence-electron chi connectivity index (χ1n) is 5.43. The number of aryl methyl sites for hydroxylation is 2. The number of urea groups is 1. The van der Waals surface area contributed by atoms with E-state index in [0.717, 1.165) is 10.6 Å². The Balaban J connectivity index is 1.93. The molecule has 0 aliphatic heterocycles. The Kier molecular flexibility index (Phi) is 3.56. The van der Waals surface area contributed by atoms with Gasteiger partial charge in [0, 0.05) is 4.88 Å². The van der Waals surface area contributed by atoms with Gasteiger partial charge in [0.2, 0.25) is 0 Å². The third-order valence-electron chi connectivity index (χ3n) is 2.44. The zero-order valence-electron chi connectivity index (χ0n) is 10.3. The molecule has 0 fully saturated rings. The molecule has 96 valence electrons. The lowest BCUT2D eigenvalue weighted by atomic mass is 10.3. The van der Waals surface area contributed by atoms with E-state index in [4.69, 9.17) is 0 Å². The second-order valence-electron chi connectivity index (χ2n) is 3.85. The number of amides is 2. The van der Waals surface area contributed by atoms with E-state index < -0.39 is 0 Å². The number of aromatic amines is 1. The minimum atomic E-state index is -0.312. The lowest BCUT2D eigenvalue weighted by molar-refractivity contribution is 0.249. The summed E-state index contributed by atoms with van der Waals surface area (Å²) < 4.78 is 0. The molecule has 0 saturated carbocycles. The molecule has 0 aliphatic rings. The quantitative estimate of drug-likeness (QED) is 0.788. The molecule has 2 rings (SSSR count). The minimum Gasteiger partial charge on any atom is -0.328 e. The average Bonchev–Trinajstić information content (AvgIpc) is 2.89. The highest BCUT2D eigenvalue weighted by atomic mass is 32.1. The minimum absolute atomic E-state index is 0.241. The van der Waals surface area contributed by atoms with Crippen molar-refractivity contribution in [3.8, 4) is 0 Å². The number of aromatic nitrogens is 4. The van der Waals surface area contributed by atoms with Crippen molar-refractivity contribution in [1.82, 2.24) is 25.5 Å². The molecule has 7 nitrogen and oxygen atoms in total. The molecule has 2 aromatic rings. The first-order valence-corrected chi connectivity index (χ1v) is 6.24.